The number of oxime groups is 1. The predicted molar refractivity (Wildman–Crippen MR) is 95.2 cm³/mol. The minimum absolute atomic E-state index is 0.0803. The number of hydrogen-bond donors (Lipinski definition) is 2. The number of carbonyl (C=O) groups is 2. The lowest BCUT2D eigenvalue weighted by molar-refractivity contribution is -0.145. The Labute approximate surface area is 150 Å². The fourth-order valence-electron chi connectivity index (χ4n) is 2.62. The van der Waals surface area contributed by atoms with Crippen LogP contribution < -0.4 is 16.2 Å². The highest BCUT2D eigenvalue weighted by molar-refractivity contribution is 5.97. The van der Waals surface area contributed by atoms with Crippen molar-refractivity contribution in [1.82, 2.24) is 0 Å². The van der Waals surface area contributed by atoms with Crippen molar-refractivity contribution in [2.24, 2.45) is 22.5 Å². The van der Waals surface area contributed by atoms with E-state index in [2.05, 4.69) is 5.16 Å². The fourth-order valence-corrected chi connectivity index (χ4v) is 2.62. The molecule has 1 aliphatic rings. The third-order valence-corrected chi connectivity index (χ3v) is 4.09. The molecule has 7 nitrogen and oxygen atoms in total. The summed E-state index contributed by atoms with van der Waals surface area (Å²) in [6.45, 7) is -0.204. The molecule has 1 amide bonds. The Morgan fingerprint density at radius 3 is 2.38 bits per heavy atom. The predicted octanol–water partition coefficient (Wildman–Crippen LogP) is 1.52. The zero-order valence-electron chi connectivity index (χ0n) is 14.0. The monoisotopic (exact) mass is 353 g/mol. The summed E-state index contributed by atoms with van der Waals surface area (Å²) in [5.74, 6) is -0.391. The van der Waals surface area contributed by atoms with E-state index in [1.165, 1.54) is 0 Å². The Kier molecular flexibility index (Phi) is 5.17. The average Bonchev–Trinajstić information content (AvgIpc) is 3.46. The first-order valence-electron chi connectivity index (χ1n) is 8.15. The second kappa shape index (κ2) is 7.69. The summed E-state index contributed by atoms with van der Waals surface area (Å²) in [7, 11) is 0. The van der Waals surface area contributed by atoms with Crippen molar-refractivity contribution < 1.29 is 19.2 Å². The summed E-state index contributed by atoms with van der Waals surface area (Å²) < 4.78 is 5.15. The van der Waals surface area contributed by atoms with Crippen molar-refractivity contribution >= 4 is 17.7 Å². The Hall–Kier alpha value is -3.35. The van der Waals surface area contributed by atoms with Gasteiger partial charge in [-0.15, -0.1) is 0 Å². The van der Waals surface area contributed by atoms with E-state index in [4.69, 9.17) is 21.0 Å². The van der Waals surface area contributed by atoms with Crippen molar-refractivity contribution in [3.63, 3.8) is 0 Å². The third-order valence-electron chi connectivity index (χ3n) is 4.09. The van der Waals surface area contributed by atoms with Crippen molar-refractivity contribution in [2.45, 2.75) is 12.3 Å². The van der Waals surface area contributed by atoms with E-state index in [-0.39, 0.29) is 30.2 Å². The molecule has 4 N–H and O–H groups in total. The van der Waals surface area contributed by atoms with E-state index in [0.717, 1.165) is 12.0 Å². The molecule has 0 aliphatic heterocycles. The number of nitrogens with two attached hydrogens (primary N) is 2. The van der Waals surface area contributed by atoms with Crippen LogP contribution in [0.2, 0.25) is 0 Å². The van der Waals surface area contributed by atoms with Crippen LogP contribution in [0.25, 0.3) is 0 Å². The molecule has 0 aromatic heterocycles. The van der Waals surface area contributed by atoms with Crippen LogP contribution in [0.5, 0.6) is 5.75 Å². The molecule has 26 heavy (non-hydrogen) atoms. The van der Waals surface area contributed by atoms with Crippen LogP contribution in [0.4, 0.5) is 0 Å². The maximum atomic E-state index is 12.1. The van der Waals surface area contributed by atoms with E-state index < -0.39 is 5.91 Å². The highest BCUT2D eigenvalue weighted by Crippen LogP contribution is 2.48. The van der Waals surface area contributed by atoms with Gasteiger partial charge in [0.05, 0.1) is 5.92 Å². The van der Waals surface area contributed by atoms with Gasteiger partial charge in [0.25, 0.3) is 5.91 Å². The highest BCUT2D eigenvalue weighted by Gasteiger charge is 2.45. The van der Waals surface area contributed by atoms with Gasteiger partial charge in [-0.25, -0.2) is 4.79 Å². The average molecular weight is 353 g/mol. The summed E-state index contributed by atoms with van der Waals surface area (Å²) in [5, 5.41) is 3.72. The van der Waals surface area contributed by atoms with Gasteiger partial charge in [-0.2, -0.15) is 0 Å². The van der Waals surface area contributed by atoms with Gasteiger partial charge >= 0.3 is 5.97 Å². The molecule has 0 heterocycles. The summed E-state index contributed by atoms with van der Waals surface area (Å²) >= 11 is 0. The number of hydrogen-bond acceptors (Lipinski definition) is 5. The van der Waals surface area contributed by atoms with Crippen molar-refractivity contribution in [2.75, 3.05) is 6.61 Å². The highest BCUT2D eigenvalue weighted by atomic mass is 16.7. The standard InChI is InChI=1S/C19H19N3O4/c20-17(23)11-25-14-8-6-13(7-9-14)18(21)22-26-19(24)16-10-15(16)12-4-2-1-3-5-12/h1-9,15-16H,10-11H2,(H2,20,23)(H2,21,22). The van der Waals surface area contributed by atoms with Gasteiger partial charge < -0.3 is 21.0 Å². The lowest BCUT2D eigenvalue weighted by atomic mass is 10.1. The summed E-state index contributed by atoms with van der Waals surface area (Å²) in [4.78, 5) is 27.7. The lowest BCUT2D eigenvalue weighted by Gasteiger charge is -2.05. The summed E-state index contributed by atoms with van der Waals surface area (Å²) in [6.07, 6.45) is 0.754. The number of primary amides is 1. The number of carbonyl (C=O) groups excluding carboxylic acids is 2. The Morgan fingerprint density at radius 1 is 1.04 bits per heavy atom. The van der Waals surface area contributed by atoms with Crippen molar-refractivity contribution in [3.8, 4) is 5.75 Å². The van der Waals surface area contributed by atoms with E-state index in [9.17, 15) is 9.59 Å². The largest absolute Gasteiger partial charge is 0.484 e. The van der Waals surface area contributed by atoms with Crippen LogP contribution in [-0.4, -0.2) is 24.3 Å². The number of nitrogens with zero attached hydrogens (tertiary/aromatic N) is 1. The lowest BCUT2D eigenvalue weighted by Crippen LogP contribution is -2.20. The molecule has 1 fully saturated rings. The molecule has 7 heteroatoms. The summed E-state index contributed by atoms with van der Waals surface area (Å²) in [5.41, 5.74) is 12.5. The van der Waals surface area contributed by atoms with Crippen LogP contribution in [-0.2, 0) is 14.4 Å². The molecule has 0 saturated heterocycles. The Balaban J connectivity index is 1.53. The second-order valence-corrected chi connectivity index (χ2v) is 6.03. The molecule has 0 radical (unpaired) electrons. The number of ether oxygens (including phenoxy) is 1. The molecule has 0 spiro atoms. The maximum Gasteiger partial charge on any atom is 0.338 e. The van der Waals surface area contributed by atoms with E-state index >= 15 is 0 Å². The first-order valence-corrected chi connectivity index (χ1v) is 8.15. The first kappa shape index (κ1) is 17.5. The smallest absolute Gasteiger partial charge is 0.338 e. The van der Waals surface area contributed by atoms with E-state index in [1.807, 2.05) is 30.3 Å². The Bertz CT molecular complexity index is 818. The van der Waals surface area contributed by atoms with Crippen LogP contribution in [0.15, 0.2) is 59.8 Å². The molecule has 1 aliphatic carbocycles. The van der Waals surface area contributed by atoms with Gasteiger partial charge in [-0.05, 0) is 42.2 Å². The van der Waals surface area contributed by atoms with Crippen LogP contribution in [0.1, 0.15) is 23.5 Å². The van der Waals surface area contributed by atoms with Crippen LogP contribution in [0, 0.1) is 5.92 Å². The topological polar surface area (TPSA) is 117 Å². The summed E-state index contributed by atoms with van der Waals surface area (Å²) in [6, 6.07) is 16.4. The SMILES string of the molecule is NC(=O)COc1ccc(/C(N)=N/OC(=O)C2CC2c2ccccc2)cc1. The molecular weight excluding hydrogens is 334 g/mol. The van der Waals surface area contributed by atoms with Gasteiger partial charge in [0.2, 0.25) is 0 Å². The number of amides is 1. The molecule has 3 rings (SSSR count). The van der Waals surface area contributed by atoms with Crippen LogP contribution in [0.3, 0.4) is 0 Å². The van der Waals surface area contributed by atoms with E-state index in [0.29, 0.717) is 11.3 Å². The van der Waals surface area contributed by atoms with Gasteiger partial charge in [0.1, 0.15) is 5.75 Å². The molecule has 2 unspecified atom stereocenters. The number of amidine groups is 1. The van der Waals surface area contributed by atoms with Crippen LogP contribution >= 0.6 is 0 Å². The molecule has 0 bridgehead atoms. The minimum atomic E-state index is -0.559. The van der Waals surface area contributed by atoms with Gasteiger partial charge in [0.15, 0.2) is 12.4 Å². The van der Waals surface area contributed by atoms with Gasteiger partial charge in [-0.3, -0.25) is 4.79 Å². The quantitative estimate of drug-likeness (QED) is 0.339. The van der Waals surface area contributed by atoms with E-state index in [1.54, 1.807) is 24.3 Å². The van der Waals surface area contributed by atoms with Crippen molar-refractivity contribution in [1.29, 1.82) is 0 Å². The van der Waals surface area contributed by atoms with Crippen molar-refractivity contribution in [3.05, 3.63) is 65.7 Å². The molecular formula is C19H19N3O4. The molecule has 2 aromatic rings. The molecule has 2 atom stereocenters. The molecule has 1 saturated carbocycles. The minimum Gasteiger partial charge on any atom is -0.484 e. The zero-order chi connectivity index (χ0) is 18.5. The first-order chi connectivity index (χ1) is 12.5. The zero-order valence-corrected chi connectivity index (χ0v) is 14.0. The van der Waals surface area contributed by atoms with Gasteiger partial charge in [0, 0.05) is 5.56 Å². The second-order valence-electron chi connectivity index (χ2n) is 6.03. The Morgan fingerprint density at radius 2 is 1.73 bits per heavy atom. The maximum absolute atomic E-state index is 12.1. The number of benzene rings is 2. The number of rotatable bonds is 7. The molecule has 134 valence electrons. The fraction of sp³-hybridized carbons (Fsp3) is 0.211. The molecule has 2 aromatic carbocycles. The van der Waals surface area contributed by atoms with Gasteiger partial charge in [-0.1, -0.05) is 35.5 Å². The third kappa shape index (κ3) is 4.38. The normalized spacial score (nSPS) is 18.8.